The molecule has 0 unspecified atom stereocenters. The van der Waals surface area contributed by atoms with Crippen LogP contribution < -0.4 is 5.90 Å². The second-order valence-corrected chi connectivity index (χ2v) is 2.16. The number of carbonyl (C=O) groups is 2. The molecule has 0 aromatic heterocycles. The van der Waals surface area contributed by atoms with Crippen LogP contribution in [-0.2, 0) is 19.3 Å². The Kier molecular flexibility index (Phi) is 6.58. The van der Waals surface area contributed by atoms with Crippen LogP contribution in [0.2, 0.25) is 0 Å². The number of nitrogens with zero attached hydrogens (tertiary/aromatic N) is 1. The topological polar surface area (TPSA) is 122 Å². The van der Waals surface area contributed by atoms with Crippen LogP contribution in [0.5, 0.6) is 0 Å². The third-order valence-electron chi connectivity index (χ3n) is 1.18. The molecule has 0 radical (unpaired) electrons. The van der Waals surface area contributed by atoms with E-state index in [0.717, 1.165) is 5.06 Å². The standard InChI is InChI=1S/C6H12N2O6/c7-13-5(11)6(12)14-8(1-3-9)2-4-10/h9-10H,1-4,7H2. The Morgan fingerprint density at radius 1 is 1.14 bits per heavy atom. The molecule has 82 valence electrons. The molecule has 0 rings (SSSR count). The molecule has 0 aromatic rings. The van der Waals surface area contributed by atoms with E-state index in [1.54, 1.807) is 0 Å². The molecule has 0 atom stereocenters. The Morgan fingerprint density at radius 3 is 2.00 bits per heavy atom. The third kappa shape index (κ3) is 4.72. The number of aliphatic hydroxyl groups is 2. The summed E-state index contributed by atoms with van der Waals surface area (Å²) < 4.78 is 0. The normalized spacial score (nSPS) is 10.0. The van der Waals surface area contributed by atoms with Gasteiger partial charge >= 0.3 is 11.9 Å². The van der Waals surface area contributed by atoms with Crippen LogP contribution in [0.25, 0.3) is 0 Å². The van der Waals surface area contributed by atoms with Crippen molar-refractivity contribution in [3.63, 3.8) is 0 Å². The maximum absolute atomic E-state index is 10.8. The van der Waals surface area contributed by atoms with Gasteiger partial charge in [0.15, 0.2) is 0 Å². The van der Waals surface area contributed by atoms with Crippen molar-refractivity contribution in [1.82, 2.24) is 5.06 Å². The van der Waals surface area contributed by atoms with Crippen molar-refractivity contribution in [3.8, 4) is 0 Å². The maximum Gasteiger partial charge on any atom is 0.438 e. The molecule has 0 aliphatic rings. The molecule has 0 saturated heterocycles. The second kappa shape index (κ2) is 7.21. The zero-order valence-corrected chi connectivity index (χ0v) is 7.38. The molecule has 0 fully saturated rings. The summed E-state index contributed by atoms with van der Waals surface area (Å²) in [5.41, 5.74) is 0. The van der Waals surface area contributed by atoms with Crippen LogP contribution in [0.1, 0.15) is 0 Å². The lowest BCUT2D eigenvalue weighted by molar-refractivity contribution is -0.202. The Morgan fingerprint density at radius 2 is 1.64 bits per heavy atom. The number of aliphatic hydroxyl groups excluding tert-OH is 2. The van der Waals surface area contributed by atoms with Gasteiger partial charge in [0.05, 0.1) is 26.3 Å². The molecule has 8 heteroatoms. The fourth-order valence-electron chi connectivity index (χ4n) is 0.629. The summed E-state index contributed by atoms with van der Waals surface area (Å²) in [6.45, 7) is -0.621. The number of hydroxylamine groups is 2. The minimum Gasteiger partial charge on any atom is -0.395 e. The van der Waals surface area contributed by atoms with E-state index in [4.69, 9.17) is 10.2 Å². The van der Waals surface area contributed by atoms with Gasteiger partial charge in [-0.2, -0.15) is 5.90 Å². The Bertz CT molecular complexity index is 191. The lowest BCUT2D eigenvalue weighted by Crippen LogP contribution is -2.36. The van der Waals surface area contributed by atoms with E-state index < -0.39 is 11.9 Å². The van der Waals surface area contributed by atoms with Crippen molar-refractivity contribution in [1.29, 1.82) is 0 Å². The van der Waals surface area contributed by atoms with Gasteiger partial charge in [0.1, 0.15) is 0 Å². The highest BCUT2D eigenvalue weighted by Crippen LogP contribution is 1.91. The highest BCUT2D eigenvalue weighted by molar-refractivity contribution is 6.29. The van der Waals surface area contributed by atoms with E-state index in [1.807, 2.05) is 0 Å². The van der Waals surface area contributed by atoms with Gasteiger partial charge in [-0.3, -0.25) is 0 Å². The molecular weight excluding hydrogens is 196 g/mol. The van der Waals surface area contributed by atoms with E-state index in [9.17, 15) is 9.59 Å². The Hall–Kier alpha value is -1.22. The van der Waals surface area contributed by atoms with Crippen molar-refractivity contribution in [2.45, 2.75) is 0 Å². The second-order valence-electron chi connectivity index (χ2n) is 2.16. The molecular formula is C6H12N2O6. The SMILES string of the molecule is NOC(=O)C(=O)ON(CCO)CCO. The predicted molar refractivity (Wildman–Crippen MR) is 42.1 cm³/mol. The van der Waals surface area contributed by atoms with Crippen molar-refractivity contribution in [3.05, 3.63) is 0 Å². The van der Waals surface area contributed by atoms with Crippen LogP contribution in [0.3, 0.4) is 0 Å². The first-order valence-electron chi connectivity index (χ1n) is 3.75. The largest absolute Gasteiger partial charge is 0.438 e. The zero-order chi connectivity index (χ0) is 11.0. The van der Waals surface area contributed by atoms with Crippen molar-refractivity contribution < 1.29 is 29.5 Å². The first-order chi connectivity index (χ1) is 6.65. The number of hydrogen-bond acceptors (Lipinski definition) is 8. The molecule has 0 aliphatic carbocycles. The number of carbonyl (C=O) groups excluding carboxylic acids is 2. The number of hydrogen-bond donors (Lipinski definition) is 3. The van der Waals surface area contributed by atoms with Gasteiger partial charge in [-0.25, -0.2) is 9.59 Å². The fraction of sp³-hybridized carbons (Fsp3) is 0.667. The van der Waals surface area contributed by atoms with Crippen LogP contribution in [-0.4, -0.2) is 53.5 Å². The molecule has 14 heavy (non-hydrogen) atoms. The zero-order valence-electron chi connectivity index (χ0n) is 7.38. The summed E-state index contributed by atoms with van der Waals surface area (Å²) in [4.78, 5) is 29.2. The molecule has 4 N–H and O–H groups in total. The highest BCUT2D eigenvalue weighted by Gasteiger charge is 2.20. The third-order valence-corrected chi connectivity index (χ3v) is 1.18. The number of nitrogens with two attached hydrogens (primary N) is 1. The average molecular weight is 208 g/mol. The summed E-state index contributed by atoms with van der Waals surface area (Å²) in [7, 11) is 0. The molecule has 0 bridgehead atoms. The van der Waals surface area contributed by atoms with E-state index in [0.29, 0.717) is 0 Å². The van der Waals surface area contributed by atoms with E-state index in [1.165, 1.54) is 0 Å². The van der Waals surface area contributed by atoms with Gasteiger partial charge in [0.25, 0.3) is 0 Å². The molecule has 0 saturated carbocycles. The summed E-state index contributed by atoms with van der Waals surface area (Å²) in [6.07, 6.45) is 0. The highest BCUT2D eigenvalue weighted by atomic mass is 16.7. The first-order valence-corrected chi connectivity index (χ1v) is 3.75. The van der Waals surface area contributed by atoms with Crippen molar-refractivity contribution in [2.75, 3.05) is 26.3 Å². The molecule has 0 aliphatic heterocycles. The molecule has 0 amide bonds. The smallest absolute Gasteiger partial charge is 0.395 e. The van der Waals surface area contributed by atoms with E-state index in [2.05, 4.69) is 15.6 Å². The van der Waals surface area contributed by atoms with E-state index >= 15 is 0 Å². The molecule has 0 spiro atoms. The fourth-order valence-corrected chi connectivity index (χ4v) is 0.629. The minimum atomic E-state index is -1.36. The van der Waals surface area contributed by atoms with Gasteiger partial charge in [0.2, 0.25) is 0 Å². The average Bonchev–Trinajstić information content (AvgIpc) is 2.17. The quantitative estimate of drug-likeness (QED) is 0.326. The number of rotatable bonds is 5. The van der Waals surface area contributed by atoms with Crippen LogP contribution in [0.4, 0.5) is 0 Å². The van der Waals surface area contributed by atoms with Gasteiger partial charge in [-0.05, 0) is 0 Å². The van der Waals surface area contributed by atoms with E-state index in [-0.39, 0.29) is 26.3 Å². The molecule has 0 heterocycles. The first kappa shape index (κ1) is 12.8. The van der Waals surface area contributed by atoms with Crippen LogP contribution >= 0.6 is 0 Å². The monoisotopic (exact) mass is 208 g/mol. The molecule has 8 nitrogen and oxygen atoms in total. The maximum atomic E-state index is 10.8. The van der Waals surface area contributed by atoms with Crippen LogP contribution in [0, 0.1) is 0 Å². The Labute approximate surface area is 79.7 Å². The summed E-state index contributed by atoms with van der Waals surface area (Å²) in [5.74, 6) is 1.76. The minimum absolute atomic E-state index is 0.0237. The lowest BCUT2D eigenvalue weighted by Gasteiger charge is -2.17. The van der Waals surface area contributed by atoms with Crippen molar-refractivity contribution >= 4 is 11.9 Å². The van der Waals surface area contributed by atoms with Crippen molar-refractivity contribution in [2.24, 2.45) is 5.90 Å². The van der Waals surface area contributed by atoms with Crippen LogP contribution in [0.15, 0.2) is 0 Å². The Balaban J connectivity index is 4.01. The summed E-state index contributed by atoms with van der Waals surface area (Å²) >= 11 is 0. The van der Waals surface area contributed by atoms with Gasteiger partial charge in [0, 0.05) is 0 Å². The summed E-state index contributed by atoms with van der Waals surface area (Å²) in [5, 5.41) is 17.9. The van der Waals surface area contributed by atoms with Gasteiger partial charge in [-0.1, -0.05) is 0 Å². The predicted octanol–water partition coefficient (Wildman–Crippen LogP) is -2.85. The lowest BCUT2D eigenvalue weighted by atomic mass is 10.6. The van der Waals surface area contributed by atoms with Gasteiger partial charge < -0.3 is 19.9 Å². The summed E-state index contributed by atoms with van der Waals surface area (Å²) in [6, 6.07) is 0. The molecule has 0 aromatic carbocycles. The van der Waals surface area contributed by atoms with Gasteiger partial charge in [-0.15, -0.1) is 5.06 Å².